The molecule has 1 aromatic rings. The van der Waals surface area contributed by atoms with Crippen molar-refractivity contribution in [1.82, 2.24) is 4.90 Å². The molecule has 1 saturated heterocycles. The van der Waals surface area contributed by atoms with E-state index in [4.69, 9.17) is 11.6 Å². The highest BCUT2D eigenvalue weighted by Gasteiger charge is 2.22. The summed E-state index contributed by atoms with van der Waals surface area (Å²) >= 11 is 5.64. The van der Waals surface area contributed by atoms with E-state index in [1.807, 2.05) is 0 Å². The Morgan fingerprint density at radius 1 is 1.29 bits per heavy atom. The molecule has 1 aliphatic heterocycles. The lowest BCUT2D eigenvalue weighted by molar-refractivity contribution is 0.196. The number of nitriles is 1. The Hall–Kier alpha value is -1.11. The van der Waals surface area contributed by atoms with E-state index in [0.717, 1.165) is 25.9 Å². The Morgan fingerprint density at radius 3 is 2.59 bits per heavy atom. The Kier molecular flexibility index (Phi) is 3.98. The fourth-order valence-electron chi connectivity index (χ4n) is 2.23. The van der Waals surface area contributed by atoms with Gasteiger partial charge in [0.2, 0.25) is 0 Å². The molecule has 4 heteroatoms. The minimum Gasteiger partial charge on any atom is -0.284 e. The molecule has 2 rings (SSSR count). The number of rotatable bonds is 2. The third kappa shape index (κ3) is 2.77. The van der Waals surface area contributed by atoms with Gasteiger partial charge >= 0.3 is 0 Å². The number of likely N-dealkylation sites (tertiary alicyclic amines) is 1. The molecule has 0 amide bonds. The minimum atomic E-state index is -0.457. The van der Waals surface area contributed by atoms with Crippen LogP contribution in [-0.2, 0) is 0 Å². The topological polar surface area (TPSA) is 27.0 Å². The molecule has 90 valence electrons. The maximum absolute atomic E-state index is 13.4. The lowest BCUT2D eigenvalue weighted by Crippen LogP contribution is -2.33. The van der Waals surface area contributed by atoms with Crippen LogP contribution < -0.4 is 0 Å². The van der Waals surface area contributed by atoms with Gasteiger partial charge in [0.25, 0.3) is 0 Å². The second-order valence-electron chi connectivity index (χ2n) is 4.30. The molecule has 17 heavy (non-hydrogen) atoms. The van der Waals surface area contributed by atoms with Gasteiger partial charge in [0.1, 0.15) is 11.9 Å². The molecule has 1 aliphatic rings. The molecule has 0 bridgehead atoms. The van der Waals surface area contributed by atoms with E-state index in [1.165, 1.54) is 18.6 Å². The van der Waals surface area contributed by atoms with Crippen LogP contribution in [0.2, 0.25) is 5.02 Å². The fourth-order valence-corrected chi connectivity index (χ4v) is 2.34. The first kappa shape index (κ1) is 12.3. The molecule has 0 saturated carbocycles. The van der Waals surface area contributed by atoms with Crippen LogP contribution in [0.15, 0.2) is 18.2 Å². The molecule has 0 aromatic heterocycles. The lowest BCUT2D eigenvalue weighted by Gasteiger charge is -2.30. The smallest absolute Gasteiger partial charge is 0.142 e. The van der Waals surface area contributed by atoms with Gasteiger partial charge < -0.3 is 0 Å². The van der Waals surface area contributed by atoms with Gasteiger partial charge in [0.05, 0.1) is 11.1 Å². The van der Waals surface area contributed by atoms with E-state index in [-0.39, 0.29) is 11.1 Å². The van der Waals surface area contributed by atoms with Crippen LogP contribution in [0.3, 0.4) is 0 Å². The summed E-state index contributed by atoms with van der Waals surface area (Å²) in [7, 11) is 0. The molecule has 1 unspecified atom stereocenters. The third-order valence-corrected chi connectivity index (χ3v) is 3.44. The summed E-state index contributed by atoms with van der Waals surface area (Å²) < 4.78 is 13.4. The second kappa shape index (κ2) is 5.48. The van der Waals surface area contributed by atoms with E-state index < -0.39 is 5.82 Å². The Morgan fingerprint density at radius 2 is 2.00 bits per heavy atom. The number of piperidine rings is 1. The average Bonchev–Trinajstić information content (AvgIpc) is 2.36. The van der Waals surface area contributed by atoms with E-state index >= 15 is 0 Å². The SMILES string of the molecule is N#CC(c1ccc(Cl)c(F)c1)N1CCCCC1. The van der Waals surface area contributed by atoms with E-state index in [1.54, 1.807) is 6.07 Å². The van der Waals surface area contributed by atoms with Crippen molar-refractivity contribution in [2.75, 3.05) is 13.1 Å². The first-order chi connectivity index (χ1) is 8.22. The summed E-state index contributed by atoms with van der Waals surface area (Å²) in [5.74, 6) is -0.457. The number of hydrogen-bond acceptors (Lipinski definition) is 2. The van der Waals surface area contributed by atoms with Crippen LogP contribution >= 0.6 is 11.6 Å². The standard InChI is InChI=1S/C13H14ClFN2/c14-11-5-4-10(8-12(11)15)13(9-16)17-6-2-1-3-7-17/h4-5,8,13H,1-3,6-7H2. The van der Waals surface area contributed by atoms with Gasteiger partial charge in [0.15, 0.2) is 0 Å². The molecule has 0 radical (unpaired) electrons. The monoisotopic (exact) mass is 252 g/mol. The maximum atomic E-state index is 13.4. The van der Waals surface area contributed by atoms with Crippen molar-refractivity contribution < 1.29 is 4.39 Å². The number of hydrogen-bond donors (Lipinski definition) is 0. The van der Waals surface area contributed by atoms with Crippen LogP contribution in [0.4, 0.5) is 4.39 Å². The molecule has 1 atom stereocenters. The molecule has 0 N–H and O–H groups in total. The first-order valence-electron chi connectivity index (χ1n) is 5.81. The minimum absolute atomic E-state index is 0.101. The maximum Gasteiger partial charge on any atom is 0.142 e. The Bertz CT molecular complexity index is 436. The highest BCUT2D eigenvalue weighted by atomic mass is 35.5. The highest BCUT2D eigenvalue weighted by molar-refractivity contribution is 6.30. The van der Waals surface area contributed by atoms with Gasteiger partial charge in [-0.25, -0.2) is 4.39 Å². The largest absolute Gasteiger partial charge is 0.284 e. The molecular weight excluding hydrogens is 239 g/mol. The quantitative estimate of drug-likeness (QED) is 0.805. The van der Waals surface area contributed by atoms with Crippen molar-refractivity contribution in [1.29, 1.82) is 5.26 Å². The van der Waals surface area contributed by atoms with Gasteiger partial charge in [-0.2, -0.15) is 5.26 Å². The van der Waals surface area contributed by atoms with Gasteiger partial charge in [-0.3, -0.25) is 4.90 Å². The molecule has 2 nitrogen and oxygen atoms in total. The zero-order valence-electron chi connectivity index (χ0n) is 9.50. The zero-order chi connectivity index (χ0) is 12.3. The van der Waals surface area contributed by atoms with Crippen LogP contribution in [0.25, 0.3) is 0 Å². The Labute approximate surface area is 106 Å². The number of halogens is 2. The summed E-state index contributed by atoms with van der Waals surface area (Å²) in [6.45, 7) is 1.81. The Balaban J connectivity index is 2.22. The van der Waals surface area contributed by atoms with Gasteiger partial charge in [-0.05, 0) is 43.6 Å². The van der Waals surface area contributed by atoms with Crippen LogP contribution in [0.5, 0.6) is 0 Å². The van der Waals surface area contributed by atoms with Gasteiger partial charge in [-0.15, -0.1) is 0 Å². The molecular formula is C13H14ClFN2. The summed E-state index contributed by atoms with van der Waals surface area (Å²) in [4.78, 5) is 2.10. The van der Waals surface area contributed by atoms with Crippen molar-refractivity contribution >= 4 is 11.6 Å². The summed E-state index contributed by atoms with van der Waals surface area (Å²) in [6.07, 6.45) is 3.42. The zero-order valence-corrected chi connectivity index (χ0v) is 10.3. The molecule has 1 aromatic carbocycles. The van der Waals surface area contributed by atoms with Crippen molar-refractivity contribution in [3.8, 4) is 6.07 Å². The normalized spacial score (nSPS) is 18.6. The number of nitrogens with zero attached hydrogens (tertiary/aromatic N) is 2. The van der Waals surface area contributed by atoms with E-state index in [2.05, 4.69) is 11.0 Å². The number of benzene rings is 1. The summed E-state index contributed by atoms with van der Waals surface area (Å²) in [5, 5.41) is 9.35. The van der Waals surface area contributed by atoms with Gasteiger partial charge in [-0.1, -0.05) is 24.1 Å². The first-order valence-corrected chi connectivity index (χ1v) is 6.19. The van der Waals surface area contributed by atoms with Crippen LogP contribution in [0.1, 0.15) is 30.9 Å². The van der Waals surface area contributed by atoms with E-state index in [0.29, 0.717) is 5.56 Å². The fraction of sp³-hybridized carbons (Fsp3) is 0.462. The molecule has 0 aliphatic carbocycles. The third-order valence-electron chi connectivity index (χ3n) is 3.14. The van der Waals surface area contributed by atoms with Gasteiger partial charge in [0, 0.05) is 0 Å². The van der Waals surface area contributed by atoms with Crippen molar-refractivity contribution in [3.63, 3.8) is 0 Å². The van der Waals surface area contributed by atoms with E-state index in [9.17, 15) is 9.65 Å². The summed E-state index contributed by atoms with van der Waals surface area (Å²) in [6, 6.07) is 6.50. The van der Waals surface area contributed by atoms with Crippen LogP contribution in [-0.4, -0.2) is 18.0 Å². The predicted octanol–water partition coefficient (Wildman–Crippen LogP) is 3.53. The highest BCUT2D eigenvalue weighted by Crippen LogP contribution is 2.26. The molecule has 0 spiro atoms. The molecule has 1 heterocycles. The molecule has 1 fully saturated rings. The van der Waals surface area contributed by atoms with Crippen molar-refractivity contribution in [3.05, 3.63) is 34.6 Å². The lowest BCUT2D eigenvalue weighted by atomic mass is 10.0. The average molecular weight is 253 g/mol. The van der Waals surface area contributed by atoms with Crippen LogP contribution in [0, 0.1) is 17.1 Å². The summed E-state index contributed by atoms with van der Waals surface area (Å²) in [5.41, 5.74) is 0.691. The second-order valence-corrected chi connectivity index (χ2v) is 4.71. The predicted molar refractivity (Wildman–Crippen MR) is 65.2 cm³/mol. The van der Waals surface area contributed by atoms with Crippen molar-refractivity contribution in [2.24, 2.45) is 0 Å². The van der Waals surface area contributed by atoms with Crippen molar-refractivity contribution in [2.45, 2.75) is 25.3 Å².